The number of sulfonamides is 1. The van der Waals surface area contributed by atoms with Gasteiger partial charge in [0.25, 0.3) is 5.91 Å². The maximum absolute atomic E-state index is 12.6. The quantitative estimate of drug-likeness (QED) is 0.422. The van der Waals surface area contributed by atoms with E-state index in [1.54, 1.807) is 32.0 Å². The van der Waals surface area contributed by atoms with Crippen LogP contribution in [0.5, 0.6) is 0 Å². The summed E-state index contributed by atoms with van der Waals surface area (Å²) < 4.78 is 27.5. The number of amides is 1. The molecule has 0 saturated heterocycles. The first-order valence-electron chi connectivity index (χ1n) is 8.74. The average molecular weight is 412 g/mol. The van der Waals surface area contributed by atoms with Crippen molar-refractivity contribution in [3.05, 3.63) is 71.2 Å². The highest BCUT2D eigenvalue weighted by Gasteiger charge is 2.23. The molecule has 2 aromatic heterocycles. The van der Waals surface area contributed by atoms with E-state index in [9.17, 15) is 18.4 Å². The van der Waals surface area contributed by atoms with Crippen LogP contribution in [0.4, 0.5) is 11.5 Å². The molecule has 0 aliphatic carbocycles. The first-order chi connectivity index (χ1) is 13.7. The molecule has 3 aromatic rings. The zero-order valence-corrected chi connectivity index (χ0v) is 16.9. The number of pyridine rings is 1. The van der Waals surface area contributed by atoms with E-state index >= 15 is 0 Å². The Balaban J connectivity index is 1.83. The third-order valence-corrected chi connectivity index (χ3v) is 5.68. The molecule has 8 nitrogen and oxygen atoms in total. The fraction of sp³-hybridized carbons (Fsp3) is 0.150. The summed E-state index contributed by atoms with van der Waals surface area (Å²) in [5, 5.41) is 2.67. The number of nitrogens with zero attached hydrogens (tertiary/aromatic N) is 1. The number of carbonyl (C=O) groups is 2. The molecule has 29 heavy (non-hydrogen) atoms. The largest absolute Gasteiger partial charge is 0.588 e. The van der Waals surface area contributed by atoms with Crippen LogP contribution in [0.2, 0.25) is 0 Å². The van der Waals surface area contributed by atoms with Crippen molar-refractivity contribution in [2.45, 2.75) is 25.7 Å². The van der Waals surface area contributed by atoms with Crippen molar-refractivity contribution in [3.8, 4) is 0 Å². The zero-order chi connectivity index (χ0) is 21.2. The van der Waals surface area contributed by atoms with Crippen LogP contribution in [0, 0.1) is 13.8 Å². The van der Waals surface area contributed by atoms with Crippen LogP contribution < -0.4 is 10.0 Å². The zero-order valence-electron chi connectivity index (χ0n) is 16.1. The van der Waals surface area contributed by atoms with Crippen LogP contribution in [0.15, 0.2) is 53.6 Å². The molecule has 1 unspecified atom stereocenters. The van der Waals surface area contributed by atoms with Gasteiger partial charge in [-0.2, -0.15) is 4.72 Å². The third kappa shape index (κ3) is 4.41. The van der Waals surface area contributed by atoms with E-state index in [2.05, 4.69) is 20.0 Å². The van der Waals surface area contributed by atoms with Crippen molar-refractivity contribution in [1.82, 2.24) is 9.97 Å². The van der Waals surface area contributed by atoms with Crippen LogP contribution in [0.1, 0.15) is 39.0 Å². The molecule has 3 N–H and O–H groups in total. The smallest absolute Gasteiger partial charge is 0.272 e. The molecule has 0 spiro atoms. The summed E-state index contributed by atoms with van der Waals surface area (Å²) in [6, 6.07) is 10.7. The lowest BCUT2D eigenvalue weighted by molar-refractivity contribution is 0.101. The lowest BCUT2D eigenvalue weighted by atomic mass is 10.1. The molecule has 0 aliphatic heterocycles. The summed E-state index contributed by atoms with van der Waals surface area (Å²) in [6.45, 7) is 4.84. The second-order valence-electron chi connectivity index (χ2n) is 6.48. The Kier molecular flexibility index (Phi) is 5.62. The number of hydrogen-bond acceptors (Lipinski definition) is 5. The second kappa shape index (κ2) is 7.98. The maximum atomic E-state index is 12.6. The van der Waals surface area contributed by atoms with Crippen molar-refractivity contribution < 1.29 is 18.4 Å². The van der Waals surface area contributed by atoms with Crippen LogP contribution >= 0.6 is 0 Å². The molecular weight excluding hydrogens is 392 g/mol. The van der Waals surface area contributed by atoms with Gasteiger partial charge in [-0.05, 0) is 50.6 Å². The third-order valence-electron chi connectivity index (χ3n) is 4.32. The Morgan fingerprint density at radius 1 is 1.14 bits per heavy atom. The van der Waals surface area contributed by atoms with Crippen LogP contribution in [-0.4, -0.2) is 26.2 Å². The monoisotopic (exact) mass is 412 g/mol. The number of aromatic amines is 1. The molecule has 2 heterocycles. The van der Waals surface area contributed by atoms with Crippen LogP contribution in [0.3, 0.4) is 0 Å². The van der Waals surface area contributed by atoms with Gasteiger partial charge >= 0.3 is 0 Å². The summed E-state index contributed by atoms with van der Waals surface area (Å²) in [5.41, 5.74) is 2.19. The van der Waals surface area contributed by atoms with Crippen molar-refractivity contribution in [1.29, 1.82) is 0 Å². The summed E-state index contributed by atoms with van der Waals surface area (Å²) in [7, 11) is -3.87. The fourth-order valence-electron chi connectivity index (χ4n) is 3.06. The van der Waals surface area contributed by atoms with E-state index in [1.165, 1.54) is 37.4 Å². The van der Waals surface area contributed by atoms with E-state index < -0.39 is 16.3 Å². The minimum Gasteiger partial charge on any atom is -0.588 e. The molecule has 0 bridgehead atoms. The molecule has 1 aromatic carbocycles. The number of benzene rings is 1. The molecular formula is C20H20N4O4S. The molecule has 3 rings (SSSR count). The SMILES string of the molecule is CC(=O)c1c(C)[nH]c(C(=O)Nc2cccc([S+](=O)([O-])Nc3ccccn3)c2)c1C. The van der Waals surface area contributed by atoms with Gasteiger partial charge in [-0.15, -0.1) is 0 Å². The van der Waals surface area contributed by atoms with Gasteiger partial charge in [0, 0.05) is 29.2 Å². The van der Waals surface area contributed by atoms with Crippen LogP contribution in [0.25, 0.3) is 0 Å². The molecule has 0 fully saturated rings. The van der Waals surface area contributed by atoms with E-state index in [1.807, 2.05) is 0 Å². The van der Waals surface area contributed by atoms with Gasteiger partial charge in [-0.25, -0.2) is 4.98 Å². The Bertz CT molecular complexity index is 1120. The number of carbonyl (C=O) groups excluding carboxylic acids is 2. The molecule has 0 aliphatic rings. The summed E-state index contributed by atoms with van der Waals surface area (Å²) in [6.07, 6.45) is 1.48. The molecule has 1 atom stereocenters. The first-order valence-corrected chi connectivity index (χ1v) is 10.2. The predicted molar refractivity (Wildman–Crippen MR) is 110 cm³/mol. The fourth-order valence-corrected chi connectivity index (χ4v) is 4.11. The number of rotatable bonds is 6. The van der Waals surface area contributed by atoms with Gasteiger partial charge in [-0.1, -0.05) is 16.3 Å². The molecule has 0 radical (unpaired) electrons. The number of hydrogen-bond donors (Lipinski definition) is 3. The summed E-state index contributed by atoms with van der Waals surface area (Å²) >= 11 is 0. The Morgan fingerprint density at radius 2 is 1.90 bits per heavy atom. The van der Waals surface area contributed by atoms with Crippen molar-refractivity contribution >= 4 is 33.6 Å². The number of aryl methyl sites for hydroxylation is 1. The highest BCUT2D eigenvalue weighted by molar-refractivity contribution is 7.98. The second-order valence-corrected chi connectivity index (χ2v) is 8.17. The molecule has 0 saturated carbocycles. The lowest BCUT2D eigenvalue weighted by Crippen LogP contribution is -2.22. The van der Waals surface area contributed by atoms with Gasteiger partial charge in [0.2, 0.25) is 0 Å². The van der Waals surface area contributed by atoms with Gasteiger partial charge in [0.1, 0.15) is 5.69 Å². The number of Topliss-reactive ketones (excluding diaryl/α,β-unsaturated/α-hetero) is 1. The van der Waals surface area contributed by atoms with Crippen molar-refractivity contribution in [3.63, 3.8) is 0 Å². The number of ketones is 1. The van der Waals surface area contributed by atoms with Gasteiger partial charge in [0.05, 0.1) is 0 Å². The predicted octanol–water partition coefficient (Wildman–Crippen LogP) is 3.50. The number of anilines is 2. The number of nitrogens with one attached hydrogen (secondary N) is 3. The molecule has 9 heteroatoms. The Hall–Kier alpha value is -3.30. The highest BCUT2D eigenvalue weighted by Crippen LogP contribution is 2.23. The van der Waals surface area contributed by atoms with Gasteiger partial charge in [0.15, 0.2) is 26.9 Å². The summed E-state index contributed by atoms with van der Waals surface area (Å²) in [5.74, 6) is -0.412. The van der Waals surface area contributed by atoms with E-state index in [0.29, 0.717) is 22.5 Å². The topological polar surface area (TPSA) is 127 Å². The molecule has 150 valence electrons. The lowest BCUT2D eigenvalue weighted by Gasteiger charge is -2.16. The standard InChI is InChI=1S/C20H20N4O4S/c1-12-18(14(3)25)13(2)22-19(12)20(26)23-15-7-6-8-16(11-15)29(27,28)24-17-9-4-5-10-21-17/h4-11H,1-3H3,(H3-,21,22,23,24,25,26,27,28). The van der Waals surface area contributed by atoms with Gasteiger partial charge < -0.3 is 14.9 Å². The van der Waals surface area contributed by atoms with Crippen molar-refractivity contribution in [2.75, 3.05) is 10.0 Å². The van der Waals surface area contributed by atoms with Gasteiger partial charge in [-0.3, -0.25) is 9.59 Å². The normalized spacial score (nSPS) is 12.8. The van der Waals surface area contributed by atoms with E-state index in [-0.39, 0.29) is 22.2 Å². The minimum atomic E-state index is -3.87. The molecule has 1 amide bonds. The number of H-pyrrole nitrogens is 1. The average Bonchev–Trinajstić information content (AvgIpc) is 2.97. The Morgan fingerprint density at radius 3 is 2.52 bits per heavy atom. The first kappa shape index (κ1) is 20.4. The maximum Gasteiger partial charge on any atom is 0.272 e. The highest BCUT2D eigenvalue weighted by atomic mass is 32.3. The summed E-state index contributed by atoms with van der Waals surface area (Å²) in [4.78, 5) is 31.2. The van der Waals surface area contributed by atoms with Crippen molar-refractivity contribution in [2.24, 2.45) is 0 Å². The van der Waals surface area contributed by atoms with Crippen LogP contribution in [-0.2, 0) is 14.6 Å². The minimum absolute atomic E-state index is 0.0234. The number of aromatic nitrogens is 2. The Labute approximate surface area is 169 Å². The van der Waals surface area contributed by atoms with E-state index in [0.717, 1.165) is 0 Å². The van der Waals surface area contributed by atoms with E-state index in [4.69, 9.17) is 0 Å².